The van der Waals surface area contributed by atoms with Gasteiger partial charge in [0.05, 0.1) is 11.0 Å². The van der Waals surface area contributed by atoms with Crippen LogP contribution >= 0.6 is 22.6 Å². The van der Waals surface area contributed by atoms with Crippen molar-refractivity contribution in [3.63, 3.8) is 0 Å². The fourth-order valence-electron chi connectivity index (χ4n) is 6.13. The van der Waals surface area contributed by atoms with Crippen molar-refractivity contribution in [2.24, 2.45) is 0 Å². The van der Waals surface area contributed by atoms with Gasteiger partial charge in [-0.15, -0.1) is 0 Å². The van der Waals surface area contributed by atoms with Crippen molar-refractivity contribution in [3.05, 3.63) is 124 Å². The number of hydrogen-bond donors (Lipinski definition) is 0. The van der Waals surface area contributed by atoms with Crippen LogP contribution in [0.5, 0.6) is 0 Å². The van der Waals surface area contributed by atoms with E-state index in [1.807, 2.05) is 0 Å². The second-order valence-electron chi connectivity index (χ2n) is 9.98. The number of benzene rings is 6. The van der Waals surface area contributed by atoms with Gasteiger partial charge in [-0.25, -0.2) is 0 Å². The molecule has 0 aliphatic rings. The van der Waals surface area contributed by atoms with E-state index in [4.69, 9.17) is 4.42 Å². The molecule has 0 aliphatic carbocycles. The molecular formula is C35H22INO. The summed E-state index contributed by atoms with van der Waals surface area (Å²) in [5, 5.41) is 7.32. The minimum atomic E-state index is 0.930. The second kappa shape index (κ2) is 8.20. The van der Waals surface area contributed by atoms with E-state index in [1.54, 1.807) is 0 Å². The van der Waals surface area contributed by atoms with Gasteiger partial charge in [0.2, 0.25) is 0 Å². The lowest BCUT2D eigenvalue weighted by Crippen LogP contribution is -1.94. The molecule has 0 radical (unpaired) electrons. The SMILES string of the molecule is Cc1cc(-c2cccc3c2c2ccccc2n3-c2cccc(I)c2)c2oc3ccc4ccccc4c3c2c1. The van der Waals surface area contributed by atoms with Crippen LogP contribution in [0.3, 0.4) is 0 Å². The highest BCUT2D eigenvalue weighted by Crippen LogP contribution is 2.44. The number of aryl methyl sites for hydroxylation is 1. The zero-order valence-corrected chi connectivity index (χ0v) is 22.9. The van der Waals surface area contributed by atoms with Crippen LogP contribution in [-0.2, 0) is 0 Å². The fraction of sp³-hybridized carbons (Fsp3) is 0.0286. The van der Waals surface area contributed by atoms with E-state index in [0.29, 0.717) is 0 Å². The molecule has 0 N–H and O–H groups in total. The molecule has 0 atom stereocenters. The molecule has 2 nitrogen and oxygen atoms in total. The predicted molar refractivity (Wildman–Crippen MR) is 168 cm³/mol. The molecule has 38 heavy (non-hydrogen) atoms. The summed E-state index contributed by atoms with van der Waals surface area (Å²) in [5.41, 5.74) is 9.00. The van der Waals surface area contributed by atoms with Crippen molar-refractivity contribution in [2.75, 3.05) is 0 Å². The molecule has 2 heterocycles. The van der Waals surface area contributed by atoms with Gasteiger partial charge in [-0.2, -0.15) is 0 Å². The molecule has 0 saturated carbocycles. The highest BCUT2D eigenvalue weighted by molar-refractivity contribution is 14.1. The topological polar surface area (TPSA) is 18.1 Å². The summed E-state index contributed by atoms with van der Waals surface area (Å²) < 4.78 is 10.3. The van der Waals surface area contributed by atoms with E-state index in [2.05, 4.69) is 149 Å². The van der Waals surface area contributed by atoms with Crippen LogP contribution in [0.1, 0.15) is 5.56 Å². The fourth-order valence-corrected chi connectivity index (χ4v) is 6.66. The van der Waals surface area contributed by atoms with Gasteiger partial charge in [0.1, 0.15) is 11.2 Å². The molecule has 2 aromatic heterocycles. The molecule has 3 heteroatoms. The van der Waals surface area contributed by atoms with Gasteiger partial charge in [0.15, 0.2) is 0 Å². The van der Waals surface area contributed by atoms with Crippen LogP contribution in [0.2, 0.25) is 0 Å². The summed E-state index contributed by atoms with van der Waals surface area (Å²) in [7, 11) is 0. The molecule has 6 aromatic carbocycles. The van der Waals surface area contributed by atoms with Crippen molar-refractivity contribution >= 4 is 77.1 Å². The summed E-state index contributed by atoms with van der Waals surface area (Å²) in [6.45, 7) is 2.18. The Morgan fingerprint density at radius 2 is 1.39 bits per heavy atom. The highest BCUT2D eigenvalue weighted by atomic mass is 127. The van der Waals surface area contributed by atoms with Crippen molar-refractivity contribution in [1.29, 1.82) is 0 Å². The maximum atomic E-state index is 6.66. The number of nitrogens with zero attached hydrogens (tertiary/aromatic N) is 1. The predicted octanol–water partition coefficient (Wildman–Crippen LogP) is 10.4. The Labute approximate surface area is 233 Å². The monoisotopic (exact) mass is 599 g/mol. The van der Waals surface area contributed by atoms with E-state index >= 15 is 0 Å². The first-order valence-corrected chi connectivity index (χ1v) is 13.9. The number of hydrogen-bond acceptors (Lipinski definition) is 1. The smallest absolute Gasteiger partial charge is 0.143 e. The molecule has 0 bridgehead atoms. The largest absolute Gasteiger partial charge is 0.455 e. The number of aromatic nitrogens is 1. The lowest BCUT2D eigenvalue weighted by molar-refractivity contribution is 0.670. The van der Waals surface area contributed by atoms with Crippen LogP contribution in [0.25, 0.3) is 71.3 Å². The van der Waals surface area contributed by atoms with Crippen LogP contribution in [0.15, 0.2) is 120 Å². The summed E-state index contributed by atoms with van der Waals surface area (Å²) in [6, 6.07) is 41.5. The van der Waals surface area contributed by atoms with E-state index in [0.717, 1.165) is 16.7 Å². The molecule has 0 amide bonds. The van der Waals surface area contributed by atoms with Gasteiger partial charge < -0.3 is 8.98 Å². The third-order valence-electron chi connectivity index (χ3n) is 7.66. The highest BCUT2D eigenvalue weighted by Gasteiger charge is 2.20. The summed E-state index contributed by atoms with van der Waals surface area (Å²) in [6.07, 6.45) is 0. The number of fused-ring (bicyclic) bond motifs is 8. The number of rotatable bonds is 2. The first-order valence-electron chi connectivity index (χ1n) is 12.8. The Bertz CT molecular complexity index is 2220. The normalized spacial score (nSPS) is 11.9. The van der Waals surface area contributed by atoms with Crippen molar-refractivity contribution in [3.8, 4) is 16.8 Å². The summed E-state index contributed by atoms with van der Waals surface area (Å²) in [5.74, 6) is 0. The average Bonchev–Trinajstić information content (AvgIpc) is 3.49. The van der Waals surface area contributed by atoms with E-state index in [1.165, 1.54) is 63.7 Å². The molecule has 8 rings (SSSR count). The molecule has 8 aromatic rings. The molecular weight excluding hydrogens is 577 g/mol. The zero-order valence-electron chi connectivity index (χ0n) is 20.7. The quantitative estimate of drug-likeness (QED) is 0.181. The summed E-state index contributed by atoms with van der Waals surface area (Å²) in [4.78, 5) is 0. The van der Waals surface area contributed by atoms with Crippen LogP contribution in [0, 0.1) is 10.5 Å². The van der Waals surface area contributed by atoms with E-state index < -0.39 is 0 Å². The zero-order chi connectivity index (χ0) is 25.4. The molecule has 0 saturated heterocycles. The minimum absolute atomic E-state index is 0.930. The maximum Gasteiger partial charge on any atom is 0.143 e. The van der Waals surface area contributed by atoms with Gasteiger partial charge in [0.25, 0.3) is 0 Å². The van der Waals surface area contributed by atoms with E-state index in [9.17, 15) is 0 Å². The van der Waals surface area contributed by atoms with Crippen LogP contribution in [-0.4, -0.2) is 4.57 Å². The van der Waals surface area contributed by atoms with Gasteiger partial charge in [-0.3, -0.25) is 0 Å². The first kappa shape index (κ1) is 21.9. The van der Waals surface area contributed by atoms with E-state index in [-0.39, 0.29) is 0 Å². The third kappa shape index (κ3) is 3.12. The van der Waals surface area contributed by atoms with Gasteiger partial charge in [-0.1, -0.05) is 66.7 Å². The van der Waals surface area contributed by atoms with Gasteiger partial charge >= 0.3 is 0 Å². The first-order chi connectivity index (χ1) is 18.7. The third-order valence-corrected chi connectivity index (χ3v) is 8.33. The number of para-hydroxylation sites is 1. The van der Waals surface area contributed by atoms with Crippen molar-refractivity contribution < 1.29 is 4.42 Å². The number of furan rings is 1. The van der Waals surface area contributed by atoms with Gasteiger partial charge in [0, 0.05) is 36.4 Å². The lowest BCUT2D eigenvalue weighted by Gasteiger charge is -2.10. The number of halogens is 1. The average molecular weight is 599 g/mol. The Hall–Kier alpha value is -4.09. The Morgan fingerprint density at radius 1 is 0.605 bits per heavy atom. The Balaban J connectivity index is 1.52. The van der Waals surface area contributed by atoms with Crippen LogP contribution < -0.4 is 0 Å². The lowest BCUT2D eigenvalue weighted by atomic mass is 9.95. The van der Waals surface area contributed by atoms with Crippen LogP contribution in [0.4, 0.5) is 0 Å². The van der Waals surface area contributed by atoms with Crippen molar-refractivity contribution in [1.82, 2.24) is 4.57 Å². The standard InChI is InChI=1S/C35H22INO/c1-21-18-28(35-29(19-21)34-25-11-3-2-8-22(25)16-17-32(34)38-35)26-13-7-15-31-33(26)27-12-4-5-14-30(27)37(31)24-10-6-9-23(36)20-24/h2-20H,1H3. The molecule has 0 aliphatic heterocycles. The molecule has 180 valence electrons. The summed E-state index contributed by atoms with van der Waals surface area (Å²) >= 11 is 2.39. The van der Waals surface area contributed by atoms with Gasteiger partial charge in [-0.05, 0) is 99.9 Å². The molecule has 0 spiro atoms. The maximum absolute atomic E-state index is 6.66. The molecule has 0 unspecified atom stereocenters. The molecule has 0 fully saturated rings. The second-order valence-corrected chi connectivity index (χ2v) is 11.2. The van der Waals surface area contributed by atoms with Crippen molar-refractivity contribution in [2.45, 2.75) is 6.92 Å². The minimum Gasteiger partial charge on any atom is -0.455 e. The Kier molecular flexibility index (Phi) is 4.74. The Morgan fingerprint density at radius 3 is 2.29 bits per heavy atom.